The molecule has 4 nitrogen and oxygen atoms in total. The summed E-state index contributed by atoms with van der Waals surface area (Å²) in [5, 5.41) is 0. The first-order chi connectivity index (χ1) is 11.1. The predicted molar refractivity (Wildman–Crippen MR) is 92.3 cm³/mol. The first-order valence-electron chi connectivity index (χ1n) is 7.71. The van der Waals surface area contributed by atoms with E-state index in [1.165, 1.54) is 5.56 Å². The van der Waals surface area contributed by atoms with E-state index >= 15 is 0 Å². The highest BCUT2D eigenvalue weighted by Gasteiger charge is 2.07. The number of nitrogens with two attached hydrogens (primary N) is 1. The number of hydrogen-bond acceptors (Lipinski definition) is 4. The van der Waals surface area contributed by atoms with Gasteiger partial charge in [0.25, 0.3) is 0 Å². The topological polar surface area (TPSA) is 61.5 Å². The van der Waals surface area contributed by atoms with Crippen LogP contribution in [0.4, 0.5) is 0 Å². The van der Waals surface area contributed by atoms with Gasteiger partial charge in [0.15, 0.2) is 0 Å². The lowest BCUT2D eigenvalue weighted by Gasteiger charge is -2.13. The van der Waals surface area contributed by atoms with Gasteiger partial charge in [0, 0.05) is 6.42 Å². The molecule has 0 aliphatic carbocycles. The second kappa shape index (κ2) is 11.3. The van der Waals surface area contributed by atoms with Crippen LogP contribution in [0.1, 0.15) is 18.9 Å². The molecule has 0 bridgehead atoms. The van der Waals surface area contributed by atoms with Crippen molar-refractivity contribution in [1.29, 1.82) is 0 Å². The van der Waals surface area contributed by atoms with E-state index in [4.69, 9.17) is 15.2 Å². The van der Waals surface area contributed by atoms with Gasteiger partial charge in [-0.15, -0.1) is 0 Å². The Bertz CT molecular complexity index is 543. The van der Waals surface area contributed by atoms with Crippen LogP contribution < -0.4 is 10.5 Å². The molecule has 2 N–H and O–H groups in total. The Morgan fingerprint density at radius 3 is 2.09 bits per heavy atom. The first-order valence-corrected chi connectivity index (χ1v) is 7.71. The lowest BCUT2D eigenvalue weighted by atomic mass is 10.2. The zero-order chi connectivity index (χ0) is 16.9. The molecule has 124 valence electrons. The van der Waals surface area contributed by atoms with E-state index in [0.717, 1.165) is 5.75 Å². The van der Waals surface area contributed by atoms with Gasteiger partial charge in [-0.2, -0.15) is 0 Å². The molecular weight excluding hydrogens is 290 g/mol. The van der Waals surface area contributed by atoms with Crippen LogP contribution >= 0.6 is 0 Å². The highest BCUT2D eigenvalue weighted by Crippen LogP contribution is 2.09. The molecule has 0 saturated heterocycles. The van der Waals surface area contributed by atoms with E-state index < -0.39 is 0 Å². The fraction of sp³-hybridized carbons (Fsp3) is 0.316. The molecule has 0 fully saturated rings. The number of aryl methyl sites for hydroxylation is 1. The summed E-state index contributed by atoms with van der Waals surface area (Å²) in [5.41, 5.74) is 6.46. The number of ether oxygens (including phenoxy) is 2. The highest BCUT2D eigenvalue weighted by molar-refractivity contribution is 5.71. The van der Waals surface area contributed by atoms with Crippen LogP contribution in [0.5, 0.6) is 5.75 Å². The number of para-hydroxylation sites is 1. The maximum atomic E-state index is 10.9. The van der Waals surface area contributed by atoms with Crippen molar-refractivity contribution in [3.8, 4) is 5.75 Å². The minimum absolute atomic E-state index is 0.0795. The Morgan fingerprint density at radius 1 is 1.04 bits per heavy atom. The van der Waals surface area contributed by atoms with Crippen molar-refractivity contribution in [3.63, 3.8) is 0 Å². The van der Waals surface area contributed by atoms with Gasteiger partial charge in [0.1, 0.15) is 11.9 Å². The number of hydrogen-bond donors (Lipinski definition) is 1. The minimum atomic E-state index is -0.382. The van der Waals surface area contributed by atoms with E-state index in [2.05, 4.69) is 19.1 Å². The van der Waals surface area contributed by atoms with Crippen molar-refractivity contribution in [2.24, 2.45) is 5.73 Å². The van der Waals surface area contributed by atoms with E-state index in [1.807, 2.05) is 55.5 Å². The maximum Gasteiger partial charge on any atom is 0.319 e. The summed E-state index contributed by atoms with van der Waals surface area (Å²) in [4.78, 5) is 10.9. The van der Waals surface area contributed by atoms with Gasteiger partial charge in [-0.3, -0.25) is 4.79 Å². The van der Waals surface area contributed by atoms with Gasteiger partial charge in [-0.05, 0) is 26.0 Å². The monoisotopic (exact) mass is 315 g/mol. The quantitative estimate of drug-likeness (QED) is 0.831. The van der Waals surface area contributed by atoms with Crippen molar-refractivity contribution >= 4 is 5.97 Å². The molecule has 23 heavy (non-hydrogen) atoms. The van der Waals surface area contributed by atoms with Gasteiger partial charge >= 0.3 is 5.97 Å². The van der Waals surface area contributed by atoms with Crippen molar-refractivity contribution in [1.82, 2.24) is 0 Å². The summed E-state index contributed by atoms with van der Waals surface area (Å²) in [5.74, 6) is 0.437. The van der Waals surface area contributed by atoms with Crippen LogP contribution in [0.15, 0.2) is 60.7 Å². The van der Waals surface area contributed by atoms with Crippen LogP contribution in [0.2, 0.25) is 0 Å². The highest BCUT2D eigenvalue weighted by atomic mass is 16.5. The molecule has 0 aromatic heterocycles. The molecule has 0 radical (unpaired) electrons. The third-order valence-electron chi connectivity index (χ3n) is 2.98. The smallest absolute Gasteiger partial charge is 0.319 e. The summed E-state index contributed by atoms with van der Waals surface area (Å²) in [7, 11) is 0. The molecule has 0 spiro atoms. The van der Waals surface area contributed by atoms with E-state index in [1.54, 1.807) is 0 Å². The number of benzene rings is 2. The Labute approximate surface area is 138 Å². The average molecular weight is 315 g/mol. The Kier molecular flexibility index (Phi) is 9.17. The fourth-order valence-corrected chi connectivity index (χ4v) is 1.73. The van der Waals surface area contributed by atoms with Crippen LogP contribution in [-0.2, 0) is 9.53 Å². The first kappa shape index (κ1) is 18.7. The number of rotatable bonds is 6. The second-order valence-corrected chi connectivity index (χ2v) is 5.11. The van der Waals surface area contributed by atoms with Crippen LogP contribution in [0.25, 0.3) is 0 Å². The second-order valence-electron chi connectivity index (χ2n) is 5.11. The summed E-state index contributed by atoms with van der Waals surface area (Å²) < 4.78 is 10.5. The van der Waals surface area contributed by atoms with Gasteiger partial charge in [-0.25, -0.2) is 0 Å². The molecule has 0 aliphatic heterocycles. The summed E-state index contributed by atoms with van der Waals surface area (Å²) >= 11 is 0. The molecule has 2 aromatic carbocycles. The van der Waals surface area contributed by atoms with E-state index in [0.29, 0.717) is 13.0 Å². The molecule has 2 rings (SSSR count). The summed E-state index contributed by atoms with van der Waals surface area (Å²) in [6, 6.07) is 19.8. The molecule has 0 saturated carbocycles. The van der Waals surface area contributed by atoms with Gasteiger partial charge in [-0.1, -0.05) is 54.1 Å². The lowest BCUT2D eigenvalue weighted by Crippen LogP contribution is -2.23. The zero-order valence-corrected chi connectivity index (χ0v) is 13.8. The lowest BCUT2D eigenvalue weighted by molar-refractivity contribution is -0.146. The Morgan fingerprint density at radius 2 is 1.61 bits per heavy atom. The molecule has 0 amide bonds. The van der Waals surface area contributed by atoms with Gasteiger partial charge in [0.2, 0.25) is 0 Å². The van der Waals surface area contributed by atoms with Crippen LogP contribution in [0.3, 0.4) is 0 Å². The number of carbonyl (C=O) groups excluding carboxylic acids is 1. The van der Waals surface area contributed by atoms with E-state index in [9.17, 15) is 4.79 Å². The van der Waals surface area contributed by atoms with Crippen molar-refractivity contribution < 1.29 is 14.3 Å². The normalized spacial score (nSPS) is 10.9. The summed E-state index contributed by atoms with van der Waals surface area (Å²) in [6.45, 7) is 4.34. The molecule has 0 heterocycles. The van der Waals surface area contributed by atoms with E-state index in [-0.39, 0.29) is 18.6 Å². The molecular formula is C19H25NO3. The Hall–Kier alpha value is -2.33. The molecule has 1 unspecified atom stereocenters. The van der Waals surface area contributed by atoms with Crippen molar-refractivity contribution in [3.05, 3.63) is 66.2 Å². The van der Waals surface area contributed by atoms with Crippen molar-refractivity contribution in [2.75, 3.05) is 13.2 Å². The maximum absolute atomic E-state index is 10.9. The SMILES string of the molecule is CC(CCOc1ccccc1)OC(=O)CN.Cc1ccccc1. The molecule has 1 atom stereocenters. The third-order valence-corrected chi connectivity index (χ3v) is 2.98. The van der Waals surface area contributed by atoms with Gasteiger partial charge < -0.3 is 15.2 Å². The Balaban J connectivity index is 0.000000313. The van der Waals surface area contributed by atoms with Crippen LogP contribution in [0, 0.1) is 6.92 Å². The number of carbonyl (C=O) groups is 1. The van der Waals surface area contributed by atoms with Gasteiger partial charge in [0.05, 0.1) is 13.2 Å². The number of esters is 1. The van der Waals surface area contributed by atoms with Crippen molar-refractivity contribution in [2.45, 2.75) is 26.4 Å². The molecule has 0 aliphatic rings. The fourth-order valence-electron chi connectivity index (χ4n) is 1.73. The summed E-state index contributed by atoms with van der Waals surface area (Å²) in [6.07, 6.45) is 0.487. The largest absolute Gasteiger partial charge is 0.493 e. The van der Waals surface area contributed by atoms with Crippen LogP contribution in [-0.4, -0.2) is 25.2 Å². The third kappa shape index (κ3) is 9.32. The standard InChI is InChI=1S/C12H17NO3.C7H8/c1-10(16-12(14)9-13)7-8-15-11-5-3-2-4-6-11;1-7-5-3-2-4-6-7/h2-6,10H,7-9,13H2,1H3;2-6H,1H3. The predicted octanol–water partition coefficient (Wildman–Crippen LogP) is 3.34. The molecule has 2 aromatic rings. The molecule has 4 heteroatoms. The zero-order valence-electron chi connectivity index (χ0n) is 13.8. The average Bonchev–Trinajstić information content (AvgIpc) is 2.57. The minimum Gasteiger partial charge on any atom is -0.493 e.